The van der Waals surface area contributed by atoms with E-state index in [9.17, 15) is 0 Å². The lowest BCUT2D eigenvalue weighted by molar-refractivity contribution is 0.244. The Morgan fingerprint density at radius 3 is 2.35 bits per heavy atom. The van der Waals surface area contributed by atoms with Gasteiger partial charge in [-0.15, -0.1) is 24.0 Å². The molecule has 2 N–H and O–H groups in total. The summed E-state index contributed by atoms with van der Waals surface area (Å²) in [6.07, 6.45) is 5.75. The van der Waals surface area contributed by atoms with Crippen LogP contribution in [0.15, 0.2) is 53.7 Å². The normalized spacial score (nSPS) is 18.6. The molecule has 6 nitrogen and oxygen atoms in total. The van der Waals surface area contributed by atoms with E-state index in [2.05, 4.69) is 79.9 Å². The van der Waals surface area contributed by atoms with Crippen molar-refractivity contribution in [1.82, 2.24) is 20.5 Å². The molecule has 2 aromatic rings. The second-order valence-electron chi connectivity index (χ2n) is 8.59. The van der Waals surface area contributed by atoms with Gasteiger partial charge in [0.2, 0.25) is 0 Å². The predicted octanol–water partition coefficient (Wildman–Crippen LogP) is 3.24. The molecule has 2 heterocycles. The summed E-state index contributed by atoms with van der Waals surface area (Å²) in [5.74, 6) is 1.92. The van der Waals surface area contributed by atoms with E-state index < -0.39 is 0 Å². The Balaban J connectivity index is 0.00000272. The number of aromatic nitrogens is 1. The fourth-order valence-electron chi connectivity index (χ4n) is 4.37. The zero-order valence-electron chi connectivity index (χ0n) is 18.7. The molecule has 1 aliphatic carbocycles. The van der Waals surface area contributed by atoms with Crippen LogP contribution in [0.3, 0.4) is 0 Å². The van der Waals surface area contributed by atoms with Crippen molar-refractivity contribution >= 4 is 35.8 Å². The van der Waals surface area contributed by atoms with Gasteiger partial charge < -0.3 is 20.4 Å². The third kappa shape index (κ3) is 5.88. The monoisotopic (exact) mass is 534 g/mol. The van der Waals surface area contributed by atoms with Gasteiger partial charge in [0, 0.05) is 57.9 Å². The number of benzene rings is 1. The van der Waals surface area contributed by atoms with E-state index in [0.717, 1.165) is 50.1 Å². The molecule has 1 aromatic heterocycles. The number of piperazine rings is 1. The van der Waals surface area contributed by atoms with Gasteiger partial charge in [0.05, 0.1) is 0 Å². The number of aliphatic imine (C=N–C) groups is 1. The maximum Gasteiger partial charge on any atom is 0.191 e. The molecule has 1 aliphatic heterocycles. The summed E-state index contributed by atoms with van der Waals surface area (Å²) < 4.78 is 0. The average Bonchev–Trinajstić information content (AvgIpc) is 2.77. The van der Waals surface area contributed by atoms with Gasteiger partial charge in [-0.25, -0.2) is 4.98 Å². The Hall–Kier alpha value is -1.87. The summed E-state index contributed by atoms with van der Waals surface area (Å²) in [4.78, 5) is 13.8. The van der Waals surface area contributed by atoms with Crippen LogP contribution in [0.5, 0.6) is 0 Å². The third-order valence-corrected chi connectivity index (χ3v) is 6.61. The number of hydrogen-bond acceptors (Lipinski definition) is 4. The number of likely N-dealkylation sites (N-methyl/N-ethyl adjacent to an activating group) is 1. The first-order valence-corrected chi connectivity index (χ1v) is 11.1. The molecule has 0 radical (unpaired) electrons. The maximum absolute atomic E-state index is 4.69. The van der Waals surface area contributed by atoms with E-state index in [-0.39, 0.29) is 29.4 Å². The third-order valence-electron chi connectivity index (χ3n) is 6.61. The lowest BCUT2D eigenvalue weighted by atomic mass is 9.64. The van der Waals surface area contributed by atoms with Crippen molar-refractivity contribution in [1.29, 1.82) is 0 Å². The summed E-state index contributed by atoms with van der Waals surface area (Å²) in [6, 6.07) is 15.2. The Morgan fingerprint density at radius 1 is 1.03 bits per heavy atom. The van der Waals surface area contributed by atoms with Crippen molar-refractivity contribution in [2.75, 3.05) is 51.7 Å². The molecule has 0 bridgehead atoms. The fourth-order valence-corrected chi connectivity index (χ4v) is 4.37. The highest BCUT2D eigenvalue weighted by Crippen LogP contribution is 2.43. The van der Waals surface area contributed by atoms with Crippen LogP contribution in [0.2, 0.25) is 0 Å². The van der Waals surface area contributed by atoms with E-state index in [4.69, 9.17) is 0 Å². The summed E-state index contributed by atoms with van der Waals surface area (Å²) in [6.45, 7) is 5.90. The van der Waals surface area contributed by atoms with E-state index in [1.54, 1.807) is 0 Å². The van der Waals surface area contributed by atoms with E-state index in [1.807, 2.05) is 13.2 Å². The van der Waals surface area contributed by atoms with Crippen molar-refractivity contribution < 1.29 is 0 Å². The molecule has 2 aliphatic rings. The summed E-state index contributed by atoms with van der Waals surface area (Å²) in [7, 11) is 4.01. The molecule has 168 valence electrons. The van der Waals surface area contributed by atoms with Gasteiger partial charge in [-0.1, -0.05) is 42.8 Å². The Morgan fingerprint density at radius 2 is 1.77 bits per heavy atom. The zero-order chi connectivity index (χ0) is 20.8. The molecule has 1 aromatic carbocycles. The first-order valence-electron chi connectivity index (χ1n) is 11.1. The number of nitrogens with one attached hydrogen (secondary N) is 2. The van der Waals surface area contributed by atoms with E-state index >= 15 is 0 Å². The molecular weight excluding hydrogens is 499 g/mol. The fraction of sp³-hybridized carbons (Fsp3) is 0.500. The lowest BCUT2D eigenvalue weighted by Crippen LogP contribution is -2.48. The molecule has 0 atom stereocenters. The van der Waals surface area contributed by atoms with Gasteiger partial charge in [-0.2, -0.15) is 0 Å². The molecule has 0 unspecified atom stereocenters. The van der Waals surface area contributed by atoms with Crippen molar-refractivity contribution in [2.24, 2.45) is 4.99 Å². The molecule has 0 amide bonds. The number of anilines is 1. The van der Waals surface area contributed by atoms with Crippen molar-refractivity contribution in [3.63, 3.8) is 0 Å². The van der Waals surface area contributed by atoms with Gasteiger partial charge in [0.15, 0.2) is 5.96 Å². The SMILES string of the molecule is CN=C(NCc1ccc(N2CCN(C)CC2)nc1)NCC1(c2ccccc2)CCC1.I. The van der Waals surface area contributed by atoms with E-state index in [0.29, 0.717) is 6.54 Å². The maximum atomic E-state index is 4.69. The quantitative estimate of drug-likeness (QED) is 0.339. The largest absolute Gasteiger partial charge is 0.356 e. The summed E-state index contributed by atoms with van der Waals surface area (Å²) >= 11 is 0. The number of pyridine rings is 1. The van der Waals surface area contributed by atoms with Crippen molar-refractivity contribution in [3.8, 4) is 0 Å². The molecule has 1 saturated heterocycles. The van der Waals surface area contributed by atoms with Gasteiger partial charge in [0.25, 0.3) is 0 Å². The van der Waals surface area contributed by atoms with Crippen molar-refractivity contribution in [3.05, 3.63) is 59.8 Å². The number of hydrogen-bond donors (Lipinski definition) is 2. The standard InChI is InChI=1S/C24H34N6.HI/c1-25-23(28-19-24(11-6-12-24)21-7-4-3-5-8-21)27-18-20-9-10-22(26-17-20)30-15-13-29(2)14-16-30;/h3-5,7-10,17H,6,11-16,18-19H2,1-2H3,(H2,25,27,28);1H. The summed E-state index contributed by atoms with van der Waals surface area (Å²) in [5, 5.41) is 7.00. The molecular formula is C24H35IN6. The molecule has 7 heteroatoms. The minimum absolute atomic E-state index is 0. The minimum Gasteiger partial charge on any atom is -0.356 e. The smallest absolute Gasteiger partial charge is 0.191 e. The van der Waals surface area contributed by atoms with Crippen LogP contribution in [0, 0.1) is 0 Å². The molecule has 2 fully saturated rings. The van der Waals surface area contributed by atoms with Gasteiger partial charge >= 0.3 is 0 Å². The van der Waals surface area contributed by atoms with Gasteiger partial charge in [-0.05, 0) is 37.1 Å². The first-order chi connectivity index (χ1) is 14.7. The number of rotatable bonds is 6. The summed E-state index contributed by atoms with van der Waals surface area (Å²) in [5.41, 5.74) is 2.84. The topological polar surface area (TPSA) is 55.8 Å². The minimum atomic E-state index is 0. The Bertz CT molecular complexity index is 827. The van der Waals surface area contributed by atoms with Gasteiger partial charge in [0.1, 0.15) is 5.82 Å². The highest BCUT2D eigenvalue weighted by Gasteiger charge is 2.38. The van der Waals surface area contributed by atoms with Crippen LogP contribution in [-0.4, -0.2) is 62.7 Å². The first kappa shape index (κ1) is 23.8. The highest BCUT2D eigenvalue weighted by molar-refractivity contribution is 14.0. The van der Waals surface area contributed by atoms with Gasteiger partial charge in [-0.3, -0.25) is 4.99 Å². The predicted molar refractivity (Wildman–Crippen MR) is 140 cm³/mol. The molecule has 31 heavy (non-hydrogen) atoms. The van der Waals surface area contributed by atoms with E-state index in [1.165, 1.54) is 24.8 Å². The number of nitrogens with zero attached hydrogens (tertiary/aromatic N) is 4. The second kappa shape index (κ2) is 11.1. The Kier molecular flexibility index (Phi) is 8.54. The van der Waals surface area contributed by atoms with Crippen LogP contribution < -0.4 is 15.5 Å². The lowest BCUT2D eigenvalue weighted by Gasteiger charge is -2.43. The number of guanidine groups is 1. The average molecular weight is 534 g/mol. The second-order valence-corrected chi connectivity index (χ2v) is 8.59. The van der Waals surface area contributed by atoms with Crippen LogP contribution in [0.1, 0.15) is 30.4 Å². The molecule has 4 rings (SSSR count). The van der Waals surface area contributed by atoms with Crippen LogP contribution in [0.4, 0.5) is 5.82 Å². The van der Waals surface area contributed by atoms with Crippen LogP contribution >= 0.6 is 24.0 Å². The van der Waals surface area contributed by atoms with Crippen molar-refractivity contribution in [2.45, 2.75) is 31.2 Å². The molecule has 0 spiro atoms. The molecule has 1 saturated carbocycles. The van der Waals surface area contributed by atoms with Crippen LogP contribution in [-0.2, 0) is 12.0 Å². The highest BCUT2D eigenvalue weighted by atomic mass is 127. The number of halogens is 1. The Labute approximate surface area is 203 Å². The van der Waals surface area contributed by atoms with Crippen LogP contribution in [0.25, 0.3) is 0 Å². The zero-order valence-corrected chi connectivity index (χ0v) is 21.0.